The van der Waals surface area contributed by atoms with Crippen LogP contribution in [-0.4, -0.2) is 38.0 Å². The molecule has 4 heteroatoms. The van der Waals surface area contributed by atoms with Crippen molar-refractivity contribution in [2.75, 3.05) is 26.8 Å². The lowest BCUT2D eigenvalue weighted by Gasteiger charge is -2.34. The van der Waals surface area contributed by atoms with E-state index >= 15 is 0 Å². The third-order valence-electron chi connectivity index (χ3n) is 4.83. The molecule has 0 spiro atoms. The molecule has 1 aromatic rings. The van der Waals surface area contributed by atoms with E-state index in [4.69, 9.17) is 4.74 Å². The first-order valence-corrected chi connectivity index (χ1v) is 8.54. The molecule has 2 unspecified atom stereocenters. The van der Waals surface area contributed by atoms with Crippen molar-refractivity contribution in [3.8, 4) is 0 Å². The SMILES string of the molecule is Cc1c(Br)cccc1C(C1C=NN(C)C1)C1CCOCC1. The number of hydrogen-bond acceptors (Lipinski definition) is 3. The average Bonchev–Trinajstić information content (AvgIpc) is 2.91. The number of halogens is 1. The fourth-order valence-electron chi connectivity index (χ4n) is 3.70. The van der Waals surface area contributed by atoms with Crippen LogP contribution in [0.15, 0.2) is 27.8 Å². The Morgan fingerprint density at radius 2 is 2.10 bits per heavy atom. The second-order valence-electron chi connectivity index (χ2n) is 6.20. The number of hydrazone groups is 1. The third kappa shape index (κ3) is 3.16. The van der Waals surface area contributed by atoms with Gasteiger partial charge in [-0.3, -0.25) is 5.01 Å². The van der Waals surface area contributed by atoms with Gasteiger partial charge in [0, 0.05) is 43.4 Å². The van der Waals surface area contributed by atoms with Gasteiger partial charge in [0.15, 0.2) is 0 Å². The van der Waals surface area contributed by atoms with Crippen molar-refractivity contribution in [1.82, 2.24) is 5.01 Å². The van der Waals surface area contributed by atoms with Gasteiger partial charge < -0.3 is 4.74 Å². The van der Waals surface area contributed by atoms with E-state index in [1.54, 1.807) is 0 Å². The molecular weight excluding hydrogens is 328 g/mol. The summed E-state index contributed by atoms with van der Waals surface area (Å²) in [5.74, 6) is 1.74. The molecule has 2 aliphatic rings. The van der Waals surface area contributed by atoms with Crippen LogP contribution in [0.2, 0.25) is 0 Å². The second-order valence-corrected chi connectivity index (χ2v) is 7.05. The third-order valence-corrected chi connectivity index (χ3v) is 5.69. The fraction of sp³-hybridized carbons (Fsp3) is 0.588. The van der Waals surface area contributed by atoms with E-state index in [2.05, 4.69) is 64.4 Å². The standard InChI is InChI=1S/C17H23BrN2O/c1-12-15(4-3-5-16(12)18)17(13-6-8-21-9-7-13)14-10-19-20(2)11-14/h3-5,10,13-14,17H,6-9,11H2,1-2H3. The molecule has 2 heterocycles. The molecule has 0 saturated carbocycles. The van der Waals surface area contributed by atoms with E-state index < -0.39 is 0 Å². The molecule has 3 nitrogen and oxygen atoms in total. The number of nitrogens with zero attached hydrogens (tertiary/aromatic N) is 2. The quantitative estimate of drug-likeness (QED) is 0.827. The molecule has 0 bridgehead atoms. The molecule has 1 aromatic carbocycles. The predicted molar refractivity (Wildman–Crippen MR) is 89.8 cm³/mol. The minimum Gasteiger partial charge on any atom is -0.381 e. The summed E-state index contributed by atoms with van der Waals surface area (Å²) >= 11 is 3.69. The zero-order chi connectivity index (χ0) is 14.8. The van der Waals surface area contributed by atoms with Crippen molar-refractivity contribution in [2.45, 2.75) is 25.7 Å². The Morgan fingerprint density at radius 1 is 1.33 bits per heavy atom. The van der Waals surface area contributed by atoms with Gasteiger partial charge in [0.1, 0.15) is 0 Å². The highest BCUT2D eigenvalue weighted by Gasteiger charge is 2.34. The Balaban J connectivity index is 1.95. The summed E-state index contributed by atoms with van der Waals surface area (Å²) in [5.41, 5.74) is 2.85. The summed E-state index contributed by atoms with van der Waals surface area (Å²) < 4.78 is 6.78. The minimum atomic E-state index is 0.506. The van der Waals surface area contributed by atoms with Crippen molar-refractivity contribution in [1.29, 1.82) is 0 Å². The normalized spacial score (nSPS) is 24.5. The van der Waals surface area contributed by atoms with Crippen LogP contribution in [0.1, 0.15) is 29.9 Å². The lowest BCUT2D eigenvalue weighted by atomic mass is 9.73. The molecule has 2 aliphatic heterocycles. The highest BCUT2D eigenvalue weighted by atomic mass is 79.9. The Bertz CT molecular complexity index is 526. The van der Waals surface area contributed by atoms with Crippen LogP contribution in [0.4, 0.5) is 0 Å². The lowest BCUT2D eigenvalue weighted by Crippen LogP contribution is -2.30. The maximum atomic E-state index is 5.57. The van der Waals surface area contributed by atoms with Gasteiger partial charge in [-0.1, -0.05) is 28.1 Å². The van der Waals surface area contributed by atoms with Gasteiger partial charge in [-0.05, 0) is 48.8 Å². The van der Waals surface area contributed by atoms with Crippen molar-refractivity contribution in [3.63, 3.8) is 0 Å². The average molecular weight is 351 g/mol. The van der Waals surface area contributed by atoms with Gasteiger partial charge in [0.05, 0.1) is 0 Å². The Hall–Kier alpha value is -0.870. The molecule has 114 valence electrons. The van der Waals surface area contributed by atoms with E-state index in [1.165, 1.54) is 15.6 Å². The largest absolute Gasteiger partial charge is 0.381 e. The van der Waals surface area contributed by atoms with Crippen molar-refractivity contribution >= 4 is 22.1 Å². The van der Waals surface area contributed by atoms with E-state index in [0.29, 0.717) is 17.8 Å². The molecule has 0 radical (unpaired) electrons. The van der Waals surface area contributed by atoms with Gasteiger partial charge in [-0.2, -0.15) is 5.10 Å². The Kier molecular flexibility index (Phi) is 4.65. The molecule has 0 aromatic heterocycles. The summed E-state index contributed by atoms with van der Waals surface area (Å²) in [5, 5.41) is 6.54. The fourth-order valence-corrected chi connectivity index (χ4v) is 4.08. The van der Waals surface area contributed by atoms with Gasteiger partial charge in [-0.25, -0.2) is 0 Å². The number of rotatable bonds is 3. The minimum absolute atomic E-state index is 0.506. The smallest absolute Gasteiger partial charge is 0.0468 e. The van der Waals surface area contributed by atoms with Crippen LogP contribution in [0.3, 0.4) is 0 Å². The Labute approximate surface area is 135 Å². The monoisotopic (exact) mass is 350 g/mol. The first kappa shape index (κ1) is 15.0. The van der Waals surface area contributed by atoms with Crippen molar-refractivity contribution in [2.24, 2.45) is 16.9 Å². The highest BCUT2D eigenvalue weighted by Crippen LogP contribution is 2.41. The number of ether oxygens (including phenoxy) is 1. The molecule has 0 N–H and O–H groups in total. The van der Waals surface area contributed by atoms with Crippen LogP contribution in [-0.2, 0) is 4.74 Å². The van der Waals surface area contributed by atoms with Gasteiger partial charge in [0.25, 0.3) is 0 Å². The molecular formula is C17H23BrN2O. The first-order chi connectivity index (χ1) is 10.2. The summed E-state index contributed by atoms with van der Waals surface area (Å²) in [6, 6.07) is 6.59. The van der Waals surface area contributed by atoms with Crippen molar-refractivity contribution in [3.05, 3.63) is 33.8 Å². The summed E-state index contributed by atoms with van der Waals surface area (Å²) in [7, 11) is 2.06. The highest BCUT2D eigenvalue weighted by molar-refractivity contribution is 9.10. The van der Waals surface area contributed by atoms with E-state index in [0.717, 1.165) is 32.6 Å². The predicted octanol–water partition coefficient (Wildman–Crippen LogP) is 3.82. The van der Waals surface area contributed by atoms with Gasteiger partial charge in [-0.15, -0.1) is 0 Å². The van der Waals surface area contributed by atoms with Gasteiger partial charge in [0.2, 0.25) is 0 Å². The maximum Gasteiger partial charge on any atom is 0.0468 e. The number of hydrogen-bond donors (Lipinski definition) is 0. The van der Waals surface area contributed by atoms with E-state index in [9.17, 15) is 0 Å². The van der Waals surface area contributed by atoms with Gasteiger partial charge >= 0.3 is 0 Å². The Morgan fingerprint density at radius 3 is 2.76 bits per heavy atom. The molecule has 1 saturated heterocycles. The topological polar surface area (TPSA) is 24.8 Å². The van der Waals surface area contributed by atoms with Crippen LogP contribution in [0.25, 0.3) is 0 Å². The van der Waals surface area contributed by atoms with Crippen LogP contribution in [0.5, 0.6) is 0 Å². The summed E-state index contributed by atoms with van der Waals surface area (Å²) in [4.78, 5) is 0. The van der Waals surface area contributed by atoms with E-state index in [1.807, 2.05) is 0 Å². The van der Waals surface area contributed by atoms with Crippen LogP contribution >= 0.6 is 15.9 Å². The maximum absolute atomic E-state index is 5.57. The molecule has 3 rings (SSSR count). The molecule has 0 amide bonds. The van der Waals surface area contributed by atoms with E-state index in [-0.39, 0.29) is 0 Å². The molecule has 2 atom stereocenters. The summed E-state index contributed by atoms with van der Waals surface area (Å²) in [6.45, 7) is 5.04. The zero-order valence-electron chi connectivity index (χ0n) is 12.8. The van der Waals surface area contributed by atoms with Crippen LogP contribution in [0, 0.1) is 18.8 Å². The zero-order valence-corrected chi connectivity index (χ0v) is 14.3. The number of benzene rings is 1. The summed E-state index contributed by atoms with van der Waals surface area (Å²) in [6.07, 6.45) is 4.47. The first-order valence-electron chi connectivity index (χ1n) is 7.75. The van der Waals surface area contributed by atoms with Crippen LogP contribution < -0.4 is 0 Å². The van der Waals surface area contributed by atoms with Crippen molar-refractivity contribution < 1.29 is 4.74 Å². The molecule has 21 heavy (non-hydrogen) atoms. The lowest BCUT2D eigenvalue weighted by molar-refractivity contribution is 0.0532. The molecule has 1 fully saturated rings. The second kappa shape index (κ2) is 6.49. The molecule has 0 aliphatic carbocycles.